The molecule has 25 heavy (non-hydrogen) atoms. The number of fused-ring (bicyclic) bond motifs is 1. The molecule has 0 saturated carbocycles. The molecule has 1 amide bonds. The van der Waals surface area contributed by atoms with Crippen molar-refractivity contribution in [3.05, 3.63) is 65.7 Å². The largest absolute Gasteiger partial charge is 0.344 e. The standard InChI is InChI=1S/C22H28N2O/c1-3-4-5-11-16-22(2)23-21(25)19-14-9-10-15-20(19)24(22)17-18-12-7-6-8-13-18/h6-10,12-15H,3-5,11,16-17H2,1-2H3,(H,23,25). The number of benzene rings is 2. The van der Waals surface area contributed by atoms with Crippen molar-refractivity contribution in [1.82, 2.24) is 5.32 Å². The van der Waals surface area contributed by atoms with Crippen LogP contribution in [0, 0.1) is 0 Å². The van der Waals surface area contributed by atoms with Gasteiger partial charge in [0.05, 0.1) is 11.3 Å². The molecule has 132 valence electrons. The molecule has 0 radical (unpaired) electrons. The zero-order valence-corrected chi connectivity index (χ0v) is 15.3. The Morgan fingerprint density at radius 1 is 0.960 bits per heavy atom. The van der Waals surface area contributed by atoms with Crippen LogP contribution in [0.4, 0.5) is 5.69 Å². The quantitative estimate of drug-likeness (QED) is 0.711. The smallest absolute Gasteiger partial charge is 0.255 e. The fourth-order valence-corrected chi connectivity index (χ4v) is 3.67. The molecule has 1 unspecified atom stereocenters. The Balaban J connectivity index is 1.91. The van der Waals surface area contributed by atoms with E-state index in [9.17, 15) is 4.79 Å². The van der Waals surface area contributed by atoms with Crippen molar-refractivity contribution in [2.75, 3.05) is 4.90 Å². The summed E-state index contributed by atoms with van der Waals surface area (Å²) in [6.07, 6.45) is 5.76. The molecule has 3 nitrogen and oxygen atoms in total. The van der Waals surface area contributed by atoms with Gasteiger partial charge >= 0.3 is 0 Å². The van der Waals surface area contributed by atoms with E-state index in [1.807, 2.05) is 24.3 Å². The van der Waals surface area contributed by atoms with E-state index >= 15 is 0 Å². The Morgan fingerprint density at radius 2 is 1.68 bits per heavy atom. The lowest BCUT2D eigenvalue weighted by molar-refractivity contribution is 0.0880. The fourth-order valence-electron chi connectivity index (χ4n) is 3.67. The summed E-state index contributed by atoms with van der Waals surface area (Å²) in [6.45, 7) is 5.18. The predicted molar refractivity (Wildman–Crippen MR) is 104 cm³/mol. The summed E-state index contributed by atoms with van der Waals surface area (Å²) in [4.78, 5) is 15.0. The van der Waals surface area contributed by atoms with Crippen LogP contribution in [0.15, 0.2) is 54.6 Å². The average molecular weight is 336 g/mol. The number of anilines is 1. The number of para-hydroxylation sites is 1. The zero-order valence-electron chi connectivity index (χ0n) is 15.3. The fraction of sp³-hybridized carbons (Fsp3) is 0.409. The lowest BCUT2D eigenvalue weighted by Gasteiger charge is -2.47. The molecule has 0 aromatic heterocycles. The van der Waals surface area contributed by atoms with Crippen LogP contribution in [0.2, 0.25) is 0 Å². The van der Waals surface area contributed by atoms with Gasteiger partial charge in [-0.15, -0.1) is 0 Å². The Kier molecular flexibility index (Phi) is 5.42. The highest BCUT2D eigenvalue weighted by atomic mass is 16.2. The minimum Gasteiger partial charge on any atom is -0.344 e. The van der Waals surface area contributed by atoms with Crippen molar-refractivity contribution in [3.8, 4) is 0 Å². The number of hydrogen-bond donors (Lipinski definition) is 1. The van der Waals surface area contributed by atoms with Gasteiger partial charge in [-0.05, 0) is 37.5 Å². The molecule has 0 saturated heterocycles. The second-order valence-electron chi connectivity index (χ2n) is 7.13. The zero-order chi connectivity index (χ0) is 17.7. The van der Waals surface area contributed by atoms with Crippen molar-refractivity contribution in [3.63, 3.8) is 0 Å². The molecule has 0 fully saturated rings. The van der Waals surface area contributed by atoms with E-state index in [0.717, 1.165) is 30.6 Å². The van der Waals surface area contributed by atoms with Gasteiger partial charge in [0.1, 0.15) is 5.66 Å². The van der Waals surface area contributed by atoms with Crippen LogP contribution in [0.1, 0.15) is 61.9 Å². The summed E-state index contributed by atoms with van der Waals surface area (Å²) in [7, 11) is 0. The molecule has 1 aliphatic rings. The molecule has 2 aromatic rings. The molecule has 2 aromatic carbocycles. The van der Waals surface area contributed by atoms with E-state index in [4.69, 9.17) is 0 Å². The van der Waals surface area contributed by atoms with Crippen LogP contribution in [-0.4, -0.2) is 11.6 Å². The first-order chi connectivity index (χ1) is 12.1. The highest BCUT2D eigenvalue weighted by molar-refractivity contribution is 6.02. The van der Waals surface area contributed by atoms with Crippen molar-refractivity contribution in [2.24, 2.45) is 0 Å². The third kappa shape index (κ3) is 3.87. The molecule has 1 atom stereocenters. The predicted octanol–water partition coefficient (Wildman–Crippen LogP) is 5.12. The van der Waals surface area contributed by atoms with Gasteiger partial charge in [0.25, 0.3) is 5.91 Å². The van der Waals surface area contributed by atoms with Crippen LogP contribution in [0.3, 0.4) is 0 Å². The van der Waals surface area contributed by atoms with Crippen LogP contribution >= 0.6 is 0 Å². The van der Waals surface area contributed by atoms with Gasteiger partial charge in [-0.25, -0.2) is 0 Å². The second-order valence-corrected chi connectivity index (χ2v) is 7.13. The number of carbonyl (C=O) groups is 1. The molecule has 1 aliphatic heterocycles. The number of hydrogen-bond acceptors (Lipinski definition) is 2. The van der Waals surface area contributed by atoms with Gasteiger partial charge in [0.15, 0.2) is 0 Å². The number of rotatable bonds is 7. The van der Waals surface area contributed by atoms with Crippen LogP contribution in [-0.2, 0) is 6.54 Å². The number of nitrogens with one attached hydrogen (secondary N) is 1. The third-order valence-corrected chi connectivity index (χ3v) is 5.12. The maximum Gasteiger partial charge on any atom is 0.255 e. The molecule has 0 bridgehead atoms. The lowest BCUT2D eigenvalue weighted by atomic mass is 9.94. The molecule has 1 N–H and O–H groups in total. The highest BCUT2D eigenvalue weighted by Crippen LogP contribution is 2.35. The molecule has 3 rings (SSSR count). The first-order valence-electron chi connectivity index (χ1n) is 9.37. The molecule has 1 heterocycles. The number of nitrogens with zero attached hydrogens (tertiary/aromatic N) is 1. The van der Waals surface area contributed by atoms with E-state index in [1.54, 1.807) is 0 Å². The number of amides is 1. The first kappa shape index (κ1) is 17.5. The monoisotopic (exact) mass is 336 g/mol. The highest BCUT2D eigenvalue weighted by Gasteiger charge is 2.39. The number of unbranched alkanes of at least 4 members (excludes halogenated alkanes) is 3. The van der Waals surface area contributed by atoms with E-state index < -0.39 is 0 Å². The molecule has 0 aliphatic carbocycles. The van der Waals surface area contributed by atoms with Gasteiger partial charge in [0.2, 0.25) is 0 Å². The van der Waals surface area contributed by atoms with Gasteiger partial charge in [-0.3, -0.25) is 4.79 Å². The molecular weight excluding hydrogens is 308 g/mol. The van der Waals surface area contributed by atoms with E-state index in [0.29, 0.717) is 0 Å². The van der Waals surface area contributed by atoms with E-state index in [2.05, 4.69) is 54.4 Å². The molecule has 3 heteroatoms. The van der Waals surface area contributed by atoms with Gasteiger partial charge in [0, 0.05) is 6.54 Å². The lowest BCUT2D eigenvalue weighted by Crippen LogP contribution is -2.62. The van der Waals surface area contributed by atoms with Crippen molar-refractivity contribution >= 4 is 11.6 Å². The summed E-state index contributed by atoms with van der Waals surface area (Å²) in [5.41, 5.74) is 2.71. The van der Waals surface area contributed by atoms with Gasteiger partial charge in [-0.2, -0.15) is 0 Å². The van der Waals surface area contributed by atoms with Crippen LogP contribution in [0.25, 0.3) is 0 Å². The average Bonchev–Trinajstić information content (AvgIpc) is 2.63. The maximum absolute atomic E-state index is 12.7. The topological polar surface area (TPSA) is 32.3 Å². The minimum atomic E-state index is -0.352. The Bertz CT molecular complexity index is 713. The van der Waals surface area contributed by atoms with Gasteiger partial charge < -0.3 is 10.2 Å². The summed E-state index contributed by atoms with van der Waals surface area (Å²) in [5, 5.41) is 3.28. The third-order valence-electron chi connectivity index (χ3n) is 5.12. The summed E-state index contributed by atoms with van der Waals surface area (Å²) >= 11 is 0. The maximum atomic E-state index is 12.7. The summed E-state index contributed by atoms with van der Waals surface area (Å²) < 4.78 is 0. The van der Waals surface area contributed by atoms with Crippen molar-refractivity contribution < 1.29 is 4.79 Å². The van der Waals surface area contributed by atoms with Crippen molar-refractivity contribution in [2.45, 2.75) is 58.2 Å². The van der Waals surface area contributed by atoms with Gasteiger partial charge in [-0.1, -0.05) is 68.7 Å². The Labute approximate surface area is 151 Å². The van der Waals surface area contributed by atoms with E-state index in [1.165, 1.54) is 24.8 Å². The van der Waals surface area contributed by atoms with E-state index in [-0.39, 0.29) is 11.6 Å². The summed E-state index contributed by atoms with van der Waals surface area (Å²) in [5.74, 6) is 0.0397. The SMILES string of the molecule is CCCCCCC1(C)NC(=O)c2ccccc2N1Cc1ccccc1. The molecule has 0 spiro atoms. The Hall–Kier alpha value is -2.29. The first-order valence-corrected chi connectivity index (χ1v) is 9.37. The van der Waals surface area contributed by atoms with Crippen LogP contribution < -0.4 is 10.2 Å². The number of carbonyl (C=O) groups excluding carboxylic acids is 1. The minimum absolute atomic E-state index is 0.0397. The second kappa shape index (κ2) is 7.73. The summed E-state index contributed by atoms with van der Waals surface area (Å²) in [6, 6.07) is 18.4. The Morgan fingerprint density at radius 3 is 2.44 bits per heavy atom. The normalized spacial score (nSPS) is 19.4. The molecular formula is C22H28N2O. The van der Waals surface area contributed by atoms with Crippen molar-refractivity contribution in [1.29, 1.82) is 0 Å². The van der Waals surface area contributed by atoms with Crippen LogP contribution in [0.5, 0.6) is 0 Å².